The van der Waals surface area contributed by atoms with Crippen LogP contribution in [0, 0.1) is 11.3 Å². The highest BCUT2D eigenvalue weighted by Gasteiger charge is 2.01. The molecule has 15 heavy (non-hydrogen) atoms. The molecule has 0 aliphatic heterocycles. The first-order valence-corrected chi connectivity index (χ1v) is 6.22. The number of rotatable bonds is 2. The average Bonchev–Trinajstić information content (AvgIpc) is 2.69. The molecule has 0 aliphatic rings. The van der Waals surface area contributed by atoms with Gasteiger partial charge in [0, 0.05) is 9.92 Å². The second kappa shape index (κ2) is 4.71. The lowest BCUT2D eigenvalue weighted by Gasteiger charge is -1.97. The van der Waals surface area contributed by atoms with E-state index in [1.165, 1.54) is 11.3 Å². The number of thiophene rings is 1. The molecule has 0 fully saturated rings. The van der Waals surface area contributed by atoms with Gasteiger partial charge in [0.2, 0.25) is 0 Å². The maximum atomic E-state index is 8.69. The van der Waals surface area contributed by atoms with Crippen molar-refractivity contribution in [3.05, 3.63) is 46.3 Å². The van der Waals surface area contributed by atoms with Gasteiger partial charge in [-0.2, -0.15) is 5.26 Å². The summed E-state index contributed by atoms with van der Waals surface area (Å²) in [6.07, 6.45) is 0. The molecule has 0 N–H and O–H groups in total. The predicted molar refractivity (Wildman–Crippen MR) is 64.6 cm³/mol. The Morgan fingerprint density at radius 1 is 1.13 bits per heavy atom. The summed E-state index contributed by atoms with van der Waals surface area (Å²) in [6.45, 7) is 0. The Bertz CT molecular complexity index is 496. The van der Waals surface area contributed by atoms with E-state index in [1.54, 1.807) is 11.8 Å². The first-order chi connectivity index (χ1) is 7.28. The summed E-state index contributed by atoms with van der Waals surface area (Å²) in [5.74, 6) is 0. The zero-order valence-corrected chi connectivity index (χ0v) is 9.99. The molecule has 0 saturated heterocycles. The van der Waals surface area contributed by atoms with E-state index in [4.69, 9.17) is 16.9 Å². The van der Waals surface area contributed by atoms with Gasteiger partial charge >= 0.3 is 0 Å². The Morgan fingerprint density at radius 3 is 2.47 bits per heavy atom. The molecule has 1 aromatic carbocycles. The fraction of sp³-hybridized carbons (Fsp3) is 0. The van der Waals surface area contributed by atoms with Crippen molar-refractivity contribution in [2.45, 2.75) is 9.10 Å². The van der Waals surface area contributed by atoms with Crippen molar-refractivity contribution in [2.24, 2.45) is 0 Å². The van der Waals surface area contributed by atoms with Gasteiger partial charge in [-0.05, 0) is 36.4 Å². The molecule has 0 bridgehead atoms. The van der Waals surface area contributed by atoms with Gasteiger partial charge in [0.1, 0.15) is 10.9 Å². The van der Waals surface area contributed by atoms with Crippen LogP contribution in [0.1, 0.15) is 4.88 Å². The Balaban J connectivity index is 2.15. The minimum absolute atomic E-state index is 0.739. The van der Waals surface area contributed by atoms with Crippen LogP contribution >= 0.6 is 34.7 Å². The van der Waals surface area contributed by atoms with E-state index in [-0.39, 0.29) is 0 Å². The third-order valence-corrected chi connectivity index (χ3v) is 4.11. The first-order valence-electron chi connectivity index (χ1n) is 4.21. The van der Waals surface area contributed by atoms with Gasteiger partial charge in [-0.1, -0.05) is 23.4 Å². The van der Waals surface area contributed by atoms with Crippen molar-refractivity contribution < 1.29 is 0 Å². The number of hydrogen-bond acceptors (Lipinski definition) is 3. The molecule has 0 atom stereocenters. The number of nitriles is 1. The molecule has 0 saturated carbocycles. The summed E-state index contributed by atoms with van der Waals surface area (Å²) < 4.78 is 1.12. The van der Waals surface area contributed by atoms with Crippen LogP contribution in [0.25, 0.3) is 0 Å². The molecule has 74 valence electrons. The second-order valence-electron chi connectivity index (χ2n) is 2.79. The lowest BCUT2D eigenvalue weighted by atomic mass is 10.4. The summed E-state index contributed by atoms with van der Waals surface area (Å²) in [4.78, 5) is 1.87. The van der Waals surface area contributed by atoms with Gasteiger partial charge in [0.15, 0.2) is 0 Å². The lowest BCUT2D eigenvalue weighted by molar-refractivity contribution is 1.46. The lowest BCUT2D eigenvalue weighted by Crippen LogP contribution is -1.68. The predicted octanol–water partition coefficient (Wildman–Crippen LogP) is 4.42. The Kier molecular flexibility index (Phi) is 3.32. The molecule has 0 amide bonds. The number of nitrogens with zero attached hydrogens (tertiary/aromatic N) is 1. The third kappa shape index (κ3) is 2.75. The van der Waals surface area contributed by atoms with Gasteiger partial charge in [-0.15, -0.1) is 11.3 Å². The Hall–Kier alpha value is -0.950. The maximum Gasteiger partial charge on any atom is 0.110 e. The van der Waals surface area contributed by atoms with Crippen molar-refractivity contribution in [2.75, 3.05) is 0 Å². The zero-order chi connectivity index (χ0) is 10.7. The van der Waals surface area contributed by atoms with E-state index in [1.807, 2.05) is 36.4 Å². The van der Waals surface area contributed by atoms with E-state index in [2.05, 4.69) is 6.07 Å². The highest BCUT2D eigenvalue weighted by atomic mass is 35.5. The monoisotopic (exact) mass is 251 g/mol. The van der Waals surface area contributed by atoms with Crippen molar-refractivity contribution in [1.82, 2.24) is 0 Å². The SMILES string of the molecule is N#Cc1ccc(Sc2ccc(Cl)cc2)s1. The van der Waals surface area contributed by atoms with E-state index >= 15 is 0 Å². The minimum atomic E-state index is 0.739. The van der Waals surface area contributed by atoms with Gasteiger partial charge in [-0.25, -0.2) is 0 Å². The highest BCUT2D eigenvalue weighted by molar-refractivity contribution is 8.01. The van der Waals surface area contributed by atoms with Crippen molar-refractivity contribution in [3.63, 3.8) is 0 Å². The van der Waals surface area contributed by atoms with Crippen LogP contribution in [0.4, 0.5) is 0 Å². The molecule has 0 unspecified atom stereocenters. The average molecular weight is 252 g/mol. The van der Waals surface area contributed by atoms with Gasteiger partial charge in [0.05, 0.1) is 4.21 Å². The maximum absolute atomic E-state index is 8.69. The standard InChI is InChI=1S/C11H6ClNS2/c12-8-1-3-9(4-2-8)14-11-6-5-10(7-13)15-11/h1-6H. The highest BCUT2D eigenvalue weighted by Crippen LogP contribution is 2.33. The van der Waals surface area contributed by atoms with Crippen LogP contribution in [0.15, 0.2) is 45.5 Å². The minimum Gasteiger partial charge on any atom is -0.192 e. The number of benzene rings is 1. The van der Waals surface area contributed by atoms with Gasteiger partial charge in [0.25, 0.3) is 0 Å². The smallest absolute Gasteiger partial charge is 0.110 e. The van der Waals surface area contributed by atoms with Crippen LogP contribution < -0.4 is 0 Å². The molecule has 0 radical (unpaired) electrons. The summed E-state index contributed by atoms with van der Waals surface area (Å²) in [7, 11) is 0. The molecule has 4 heteroatoms. The first kappa shape index (κ1) is 10.6. The normalized spacial score (nSPS) is 9.87. The molecule has 0 aliphatic carbocycles. The molecule has 2 aromatic rings. The topological polar surface area (TPSA) is 23.8 Å². The summed E-state index contributed by atoms with van der Waals surface area (Å²) in [5.41, 5.74) is 0. The fourth-order valence-corrected chi connectivity index (χ4v) is 3.08. The molecule has 1 nitrogen and oxygen atoms in total. The van der Waals surface area contributed by atoms with E-state index < -0.39 is 0 Å². The Morgan fingerprint density at radius 2 is 1.87 bits per heavy atom. The van der Waals surface area contributed by atoms with Gasteiger partial charge < -0.3 is 0 Å². The molecule has 0 spiro atoms. The van der Waals surface area contributed by atoms with E-state index in [0.29, 0.717) is 0 Å². The molecule has 1 aromatic heterocycles. The van der Waals surface area contributed by atoms with Crippen LogP contribution in [0.5, 0.6) is 0 Å². The number of hydrogen-bond donors (Lipinski definition) is 0. The second-order valence-corrected chi connectivity index (χ2v) is 5.68. The van der Waals surface area contributed by atoms with E-state index in [0.717, 1.165) is 19.0 Å². The largest absolute Gasteiger partial charge is 0.192 e. The van der Waals surface area contributed by atoms with Crippen LogP contribution in [0.2, 0.25) is 5.02 Å². The van der Waals surface area contributed by atoms with Crippen LogP contribution in [-0.2, 0) is 0 Å². The third-order valence-electron chi connectivity index (χ3n) is 1.72. The van der Waals surface area contributed by atoms with Crippen LogP contribution in [0.3, 0.4) is 0 Å². The Labute approximate surface area is 101 Å². The van der Waals surface area contributed by atoms with Crippen molar-refractivity contribution in [3.8, 4) is 6.07 Å². The van der Waals surface area contributed by atoms with Crippen molar-refractivity contribution in [1.29, 1.82) is 5.26 Å². The van der Waals surface area contributed by atoms with Crippen molar-refractivity contribution >= 4 is 34.7 Å². The summed E-state index contributed by atoms with van der Waals surface area (Å²) in [5, 5.41) is 9.43. The summed E-state index contributed by atoms with van der Waals surface area (Å²) in [6, 6.07) is 13.6. The van der Waals surface area contributed by atoms with Crippen LogP contribution in [-0.4, -0.2) is 0 Å². The van der Waals surface area contributed by atoms with E-state index in [9.17, 15) is 0 Å². The fourth-order valence-electron chi connectivity index (χ4n) is 1.05. The molecule has 2 rings (SSSR count). The molecular formula is C11H6ClNS2. The zero-order valence-electron chi connectivity index (χ0n) is 7.61. The number of halogens is 1. The molecule has 1 heterocycles. The van der Waals surface area contributed by atoms with Gasteiger partial charge in [-0.3, -0.25) is 0 Å². The molecular weight excluding hydrogens is 246 g/mol. The summed E-state index contributed by atoms with van der Waals surface area (Å²) >= 11 is 8.93. The quantitative estimate of drug-likeness (QED) is 0.789.